The number of benzene rings is 1. The third kappa shape index (κ3) is 3.41. The predicted octanol–water partition coefficient (Wildman–Crippen LogP) is 1.04. The van der Waals surface area contributed by atoms with E-state index < -0.39 is 0 Å². The summed E-state index contributed by atoms with van der Waals surface area (Å²) in [5, 5.41) is 0. The van der Waals surface area contributed by atoms with Gasteiger partial charge in [-0.25, -0.2) is 0 Å². The predicted molar refractivity (Wildman–Crippen MR) is 45.7 cm³/mol. The first-order valence-electron chi connectivity index (χ1n) is 3.36. The number of ether oxygens (including phenoxy) is 2. The van der Waals surface area contributed by atoms with Gasteiger partial charge in [0.05, 0.1) is 0 Å². The van der Waals surface area contributed by atoms with Crippen molar-refractivity contribution in [1.29, 1.82) is 0 Å². The minimum absolute atomic E-state index is 0.675. The Kier molecular flexibility index (Phi) is 5.88. The maximum atomic E-state index is 5.08. The molecule has 1 aromatic rings. The maximum absolute atomic E-state index is 5.08. The molecule has 13 heavy (non-hydrogen) atoms. The Hall–Kier alpha value is -1.10. The molecule has 0 unspecified atom stereocenters. The number of rotatable bonds is 2. The Labute approximate surface area is 87.1 Å². The second-order valence-electron chi connectivity index (χ2n) is 1.96. The molecule has 0 atom stereocenters. The first-order valence-corrected chi connectivity index (χ1v) is 3.83. The molecule has 0 spiro atoms. The number of methoxy groups -OCH3 is 2. The molecule has 0 amide bonds. The Bertz CT molecular complexity index is 281. The van der Waals surface area contributed by atoms with Gasteiger partial charge < -0.3 is 12.8 Å². The summed E-state index contributed by atoms with van der Waals surface area (Å²) in [5.74, 6) is 1.38. The van der Waals surface area contributed by atoms with Crippen LogP contribution >= 0.6 is 0 Å². The van der Waals surface area contributed by atoms with Crippen LogP contribution in [0.4, 0.5) is 0 Å². The van der Waals surface area contributed by atoms with Crippen molar-refractivity contribution in [2.75, 3.05) is 14.2 Å². The third-order valence-electron chi connectivity index (χ3n) is 1.32. The molecule has 0 fully saturated rings. The molecule has 0 saturated heterocycles. The topological polar surface area (TPSA) is 18.5 Å². The van der Waals surface area contributed by atoms with Gasteiger partial charge in [0.1, 0.15) is 0 Å². The normalized spacial score (nSPS) is 8.15. The van der Waals surface area contributed by atoms with Crippen molar-refractivity contribution in [2.24, 2.45) is 0 Å². The molecule has 0 radical (unpaired) electrons. The Morgan fingerprint density at radius 3 is 2.08 bits per heavy atom. The fourth-order valence-electron chi connectivity index (χ4n) is 0.794. The average Bonchev–Trinajstić information content (AvgIpc) is 2.20. The molecule has 0 aliphatic heterocycles. The molecule has 72 valence electrons. The zero-order chi connectivity index (χ0) is 10.3. The molecule has 0 bridgehead atoms. The van der Waals surface area contributed by atoms with E-state index in [2.05, 4.69) is 0 Å². The van der Waals surface area contributed by atoms with Crippen molar-refractivity contribution in [3.05, 3.63) is 31.0 Å². The van der Waals surface area contributed by atoms with Crippen LogP contribution in [0.15, 0.2) is 18.2 Å². The summed E-state index contributed by atoms with van der Waals surface area (Å²) in [5.41, 5.74) is 0. The van der Waals surface area contributed by atoms with Crippen LogP contribution in [-0.2, 0) is 16.0 Å². The van der Waals surface area contributed by atoms with Gasteiger partial charge in [-0.15, -0.1) is 0 Å². The van der Waals surface area contributed by atoms with Gasteiger partial charge in [0.2, 0.25) is 0 Å². The molecule has 0 aromatic heterocycles. The van der Waals surface area contributed by atoms with Crippen LogP contribution in [0.25, 0.3) is 0 Å². The molecule has 0 aliphatic carbocycles. The van der Waals surface area contributed by atoms with E-state index >= 15 is 0 Å². The van der Waals surface area contributed by atoms with Gasteiger partial charge in [-0.05, 0) is 0 Å². The van der Waals surface area contributed by atoms with E-state index in [1.165, 1.54) is 0 Å². The van der Waals surface area contributed by atoms with Gasteiger partial charge in [-0.1, -0.05) is 0 Å². The molecular formula is C10H9CuO2. The van der Waals surface area contributed by atoms with Crippen LogP contribution in [0.5, 0.6) is 11.5 Å². The van der Waals surface area contributed by atoms with Gasteiger partial charge in [0, 0.05) is 0 Å². The zero-order valence-corrected chi connectivity index (χ0v) is 8.29. The molecule has 0 saturated carbocycles. The molecule has 3 heteroatoms. The van der Waals surface area contributed by atoms with Crippen LogP contribution in [0.3, 0.4) is 0 Å². The van der Waals surface area contributed by atoms with E-state index in [4.69, 9.17) is 38.3 Å². The molecule has 0 heterocycles. The van der Waals surface area contributed by atoms with Gasteiger partial charge in [-0.2, -0.15) is 0 Å². The first kappa shape index (κ1) is 11.9. The smallest absolute Gasteiger partial charge is 1.00 e. The third-order valence-corrected chi connectivity index (χ3v) is 1.61. The van der Waals surface area contributed by atoms with Crippen molar-refractivity contribution < 1.29 is 25.5 Å². The summed E-state index contributed by atoms with van der Waals surface area (Å²) in [6, 6.07) is 5.33. The van der Waals surface area contributed by atoms with E-state index in [-0.39, 0.29) is 0 Å². The van der Waals surface area contributed by atoms with E-state index in [0.29, 0.717) is 11.5 Å². The summed E-state index contributed by atoms with van der Waals surface area (Å²) in [6.45, 7) is 0. The summed E-state index contributed by atoms with van der Waals surface area (Å²) < 4.78 is 10.8. The summed E-state index contributed by atoms with van der Waals surface area (Å²) in [4.78, 5) is 0. The number of hydrogen-bond donors (Lipinski definition) is 0. The molecule has 2 nitrogen and oxygen atoms in total. The number of hydrogen-bond acceptors (Lipinski definition) is 2. The van der Waals surface area contributed by atoms with Crippen LogP contribution in [0, 0.1) is 12.8 Å². The molecule has 0 aliphatic rings. The fraction of sp³-hybridized carbons (Fsp3) is 0.200. The molecule has 0 N–H and O–H groups in total. The zero-order valence-electron chi connectivity index (χ0n) is 7.35. The summed E-state index contributed by atoms with van der Waals surface area (Å²) in [6.07, 6.45) is 10.0. The molecular weight excluding hydrogens is 216 g/mol. The first-order chi connectivity index (χ1) is 6.27. The van der Waals surface area contributed by atoms with Gasteiger partial charge >= 0.3 is 73.9 Å². The van der Waals surface area contributed by atoms with Crippen LogP contribution in [0.2, 0.25) is 0 Å². The van der Waals surface area contributed by atoms with Crippen molar-refractivity contribution >= 4 is 4.46 Å². The van der Waals surface area contributed by atoms with E-state index in [9.17, 15) is 0 Å². The standard InChI is InChI=1S/C8H9O2.C2.Cu/c1-9-7-5-3-4-6-8(7)10-2;1-2;/h3,5-6H,1-2H3;;/q;-2;+2. The summed E-state index contributed by atoms with van der Waals surface area (Å²) >= 11 is 5.08. The SMILES string of the molecule is COc1cc[c]([Cu+2])cc1OC.[C-]#[C-]. The van der Waals surface area contributed by atoms with Crippen LogP contribution in [-0.4, -0.2) is 14.2 Å². The Morgan fingerprint density at radius 1 is 1.08 bits per heavy atom. The minimum atomic E-state index is 0.675. The van der Waals surface area contributed by atoms with Crippen LogP contribution < -0.4 is 13.9 Å². The van der Waals surface area contributed by atoms with E-state index in [1.54, 1.807) is 32.4 Å². The van der Waals surface area contributed by atoms with E-state index in [1.807, 2.05) is 0 Å². The Morgan fingerprint density at radius 2 is 1.62 bits per heavy atom. The van der Waals surface area contributed by atoms with Crippen LogP contribution in [0.1, 0.15) is 0 Å². The fourth-order valence-corrected chi connectivity index (χ4v) is 0.996. The second-order valence-corrected chi connectivity index (χ2v) is 2.50. The van der Waals surface area contributed by atoms with Crippen molar-refractivity contribution in [3.63, 3.8) is 0 Å². The van der Waals surface area contributed by atoms with Gasteiger partial charge in [0.15, 0.2) is 0 Å². The van der Waals surface area contributed by atoms with Gasteiger partial charge in [-0.3, -0.25) is 0 Å². The monoisotopic (exact) mass is 224 g/mol. The van der Waals surface area contributed by atoms with Crippen molar-refractivity contribution in [3.8, 4) is 11.5 Å². The maximum Gasteiger partial charge on any atom is -1.00 e. The van der Waals surface area contributed by atoms with E-state index in [0.717, 1.165) is 4.46 Å². The molecule has 1 rings (SSSR count). The molecule has 1 aromatic carbocycles. The Balaban J connectivity index is 0.000000671. The average molecular weight is 225 g/mol. The van der Waals surface area contributed by atoms with Crippen molar-refractivity contribution in [2.45, 2.75) is 0 Å². The second kappa shape index (κ2) is 6.42. The quantitative estimate of drug-likeness (QED) is 0.425. The van der Waals surface area contributed by atoms with Crippen molar-refractivity contribution in [1.82, 2.24) is 0 Å². The minimum Gasteiger partial charge on any atom is -1.00 e. The summed E-state index contributed by atoms with van der Waals surface area (Å²) in [7, 11) is 3.18. The van der Waals surface area contributed by atoms with Gasteiger partial charge in [0.25, 0.3) is 0 Å². The largest absolute Gasteiger partial charge is 1.00 e.